The number of nitrogens with zero attached hydrogens (tertiary/aromatic N) is 5. The van der Waals surface area contributed by atoms with E-state index in [9.17, 15) is 5.11 Å². The highest BCUT2D eigenvalue weighted by Gasteiger charge is 2.38. The number of hydrogen-bond acceptors (Lipinski definition) is 5. The quantitative estimate of drug-likeness (QED) is 0.737. The number of fused-ring (bicyclic) bond motifs is 1. The Bertz CT molecular complexity index is 986. The van der Waals surface area contributed by atoms with Crippen LogP contribution in [-0.4, -0.2) is 30.1 Å². The molecule has 7 heteroatoms. The molecule has 0 saturated heterocycles. The summed E-state index contributed by atoms with van der Waals surface area (Å²) in [6.07, 6.45) is 3.36. The number of aromatic nitrogens is 5. The van der Waals surface area contributed by atoms with E-state index in [1.54, 1.807) is 4.68 Å². The smallest absolute Gasteiger partial charge is 0.182 e. The van der Waals surface area contributed by atoms with Gasteiger partial charge in [0.1, 0.15) is 17.1 Å². The molecule has 0 radical (unpaired) electrons. The minimum Gasteiger partial charge on any atom is -0.383 e. The van der Waals surface area contributed by atoms with Crippen LogP contribution in [0.2, 0.25) is 5.02 Å². The van der Waals surface area contributed by atoms with Crippen molar-refractivity contribution in [3.63, 3.8) is 0 Å². The topological polar surface area (TPSA) is 76.7 Å². The van der Waals surface area contributed by atoms with Gasteiger partial charge in [-0.2, -0.15) is 0 Å². The Morgan fingerprint density at radius 3 is 2.52 bits per heavy atom. The molecule has 2 heterocycles. The lowest BCUT2D eigenvalue weighted by Gasteiger charge is -2.24. The minimum absolute atomic E-state index is 0.253. The second-order valence-electron chi connectivity index (χ2n) is 8.40. The maximum absolute atomic E-state index is 11.2. The molecule has 6 nitrogen and oxygen atoms in total. The zero-order chi connectivity index (χ0) is 19.2. The van der Waals surface area contributed by atoms with E-state index in [4.69, 9.17) is 21.6 Å². The van der Waals surface area contributed by atoms with Gasteiger partial charge in [-0.05, 0) is 24.5 Å². The molecule has 1 fully saturated rings. The van der Waals surface area contributed by atoms with E-state index in [2.05, 4.69) is 31.1 Å². The molecule has 1 aliphatic carbocycles. The minimum atomic E-state index is -0.952. The molecule has 0 atom stereocenters. The van der Waals surface area contributed by atoms with Gasteiger partial charge in [0.05, 0.1) is 6.54 Å². The highest BCUT2D eigenvalue weighted by Crippen LogP contribution is 2.40. The summed E-state index contributed by atoms with van der Waals surface area (Å²) >= 11 is 6.32. The lowest BCUT2D eigenvalue weighted by atomic mass is 9.93. The zero-order valence-corrected chi connectivity index (χ0v) is 16.7. The Kier molecular flexibility index (Phi) is 4.43. The molecular formula is C20H24ClN5O. The van der Waals surface area contributed by atoms with Crippen molar-refractivity contribution in [1.29, 1.82) is 0 Å². The Balaban J connectivity index is 1.89. The van der Waals surface area contributed by atoms with Crippen LogP contribution in [0, 0.1) is 0 Å². The summed E-state index contributed by atoms with van der Waals surface area (Å²) in [5.74, 6) is 0.688. The zero-order valence-electron chi connectivity index (χ0n) is 15.9. The third-order valence-corrected chi connectivity index (χ3v) is 5.55. The predicted molar refractivity (Wildman–Crippen MR) is 105 cm³/mol. The van der Waals surface area contributed by atoms with E-state index in [1.807, 2.05) is 24.3 Å². The molecule has 3 aromatic rings. The van der Waals surface area contributed by atoms with Crippen LogP contribution in [0.1, 0.15) is 63.5 Å². The maximum Gasteiger partial charge on any atom is 0.182 e. The van der Waals surface area contributed by atoms with Crippen LogP contribution in [0.4, 0.5) is 0 Å². The van der Waals surface area contributed by atoms with Gasteiger partial charge in [-0.3, -0.25) is 0 Å². The van der Waals surface area contributed by atoms with Crippen molar-refractivity contribution < 1.29 is 5.11 Å². The van der Waals surface area contributed by atoms with Gasteiger partial charge in [-0.15, -0.1) is 5.10 Å². The van der Waals surface area contributed by atoms with Crippen LogP contribution in [0.5, 0.6) is 0 Å². The van der Waals surface area contributed by atoms with E-state index in [0.29, 0.717) is 47.1 Å². The molecule has 1 aliphatic rings. The summed E-state index contributed by atoms with van der Waals surface area (Å²) in [6.45, 7) is 6.67. The number of benzene rings is 1. The number of halogens is 1. The van der Waals surface area contributed by atoms with E-state index < -0.39 is 5.60 Å². The molecular weight excluding hydrogens is 362 g/mol. The van der Waals surface area contributed by atoms with Crippen molar-refractivity contribution in [2.75, 3.05) is 0 Å². The van der Waals surface area contributed by atoms with Gasteiger partial charge in [0.2, 0.25) is 0 Å². The van der Waals surface area contributed by atoms with Crippen LogP contribution in [0.25, 0.3) is 11.2 Å². The largest absolute Gasteiger partial charge is 0.383 e. The Morgan fingerprint density at radius 1 is 1.15 bits per heavy atom. The second-order valence-corrected chi connectivity index (χ2v) is 8.80. The molecule has 2 aromatic heterocycles. The van der Waals surface area contributed by atoms with E-state index in [-0.39, 0.29) is 5.41 Å². The van der Waals surface area contributed by atoms with E-state index in [1.165, 1.54) is 0 Å². The van der Waals surface area contributed by atoms with Crippen LogP contribution < -0.4 is 0 Å². The summed E-state index contributed by atoms with van der Waals surface area (Å²) in [4.78, 5) is 9.53. The number of rotatable bonds is 3. The average Bonchev–Trinajstić information content (AvgIpc) is 3.23. The van der Waals surface area contributed by atoms with Gasteiger partial charge < -0.3 is 5.11 Å². The summed E-state index contributed by atoms with van der Waals surface area (Å²) in [6, 6.07) is 7.67. The molecule has 1 N–H and O–H groups in total. The standard InChI is InChI=1S/C20H24ClN5O/c1-19(2,3)18-22-16(20(27)10-6-7-11-20)15-17(23-18)26(25-24-15)12-13-8-4-5-9-14(13)21/h4-5,8-9,27H,6-7,10-12H2,1-3H3. The summed E-state index contributed by atoms with van der Waals surface area (Å²) in [5, 5.41) is 20.5. The predicted octanol–water partition coefficient (Wildman–Crippen LogP) is 3.98. The molecule has 4 rings (SSSR count). The third-order valence-electron chi connectivity index (χ3n) is 5.18. The van der Waals surface area contributed by atoms with Gasteiger partial charge in [0.25, 0.3) is 0 Å². The molecule has 0 spiro atoms. The van der Waals surface area contributed by atoms with Crippen molar-refractivity contribution in [3.8, 4) is 0 Å². The molecule has 142 valence electrons. The van der Waals surface area contributed by atoms with Crippen molar-refractivity contribution >= 4 is 22.8 Å². The molecule has 27 heavy (non-hydrogen) atoms. The van der Waals surface area contributed by atoms with Crippen LogP contribution in [0.3, 0.4) is 0 Å². The van der Waals surface area contributed by atoms with Crippen molar-refractivity contribution in [1.82, 2.24) is 25.0 Å². The second kappa shape index (κ2) is 6.53. The van der Waals surface area contributed by atoms with Crippen molar-refractivity contribution in [2.24, 2.45) is 0 Å². The van der Waals surface area contributed by atoms with Gasteiger partial charge in [-0.25, -0.2) is 14.6 Å². The Hall–Kier alpha value is -2.05. The highest BCUT2D eigenvalue weighted by atomic mass is 35.5. The summed E-state index contributed by atoms with van der Waals surface area (Å²) in [7, 11) is 0. The molecule has 1 saturated carbocycles. The van der Waals surface area contributed by atoms with Gasteiger partial charge >= 0.3 is 0 Å². The first kappa shape index (κ1) is 18.3. The van der Waals surface area contributed by atoms with Crippen molar-refractivity contribution in [2.45, 2.75) is 64.0 Å². The summed E-state index contributed by atoms with van der Waals surface area (Å²) in [5.41, 5.74) is 1.58. The molecule has 0 bridgehead atoms. The maximum atomic E-state index is 11.2. The van der Waals surface area contributed by atoms with E-state index >= 15 is 0 Å². The third kappa shape index (κ3) is 3.32. The first-order valence-corrected chi connectivity index (χ1v) is 9.74. The normalized spacial score (nSPS) is 16.9. The first-order valence-electron chi connectivity index (χ1n) is 9.36. The lowest BCUT2D eigenvalue weighted by molar-refractivity contribution is 0.0409. The fourth-order valence-electron chi connectivity index (χ4n) is 3.61. The van der Waals surface area contributed by atoms with Gasteiger partial charge in [-0.1, -0.05) is 68.6 Å². The van der Waals surface area contributed by atoms with Gasteiger partial charge in [0.15, 0.2) is 11.2 Å². The molecule has 0 amide bonds. The van der Waals surface area contributed by atoms with Crippen molar-refractivity contribution in [3.05, 3.63) is 46.4 Å². The van der Waals surface area contributed by atoms with Crippen LogP contribution in [0.15, 0.2) is 24.3 Å². The van der Waals surface area contributed by atoms with Crippen LogP contribution in [-0.2, 0) is 17.6 Å². The molecule has 0 unspecified atom stereocenters. The fraction of sp³-hybridized carbons (Fsp3) is 0.500. The monoisotopic (exact) mass is 385 g/mol. The first-order chi connectivity index (χ1) is 12.8. The fourth-order valence-corrected chi connectivity index (χ4v) is 3.80. The van der Waals surface area contributed by atoms with Crippen LogP contribution >= 0.6 is 11.6 Å². The molecule has 0 aliphatic heterocycles. The number of hydrogen-bond donors (Lipinski definition) is 1. The SMILES string of the molecule is CC(C)(C)c1nc(C2(O)CCCC2)c2nnn(Cc3ccccc3Cl)c2n1. The summed E-state index contributed by atoms with van der Waals surface area (Å²) < 4.78 is 1.75. The Morgan fingerprint density at radius 2 is 1.85 bits per heavy atom. The highest BCUT2D eigenvalue weighted by molar-refractivity contribution is 6.31. The average molecular weight is 386 g/mol. The Labute approximate surface area is 163 Å². The lowest BCUT2D eigenvalue weighted by Crippen LogP contribution is -2.27. The van der Waals surface area contributed by atoms with Gasteiger partial charge in [0, 0.05) is 10.4 Å². The number of aliphatic hydroxyl groups is 1. The molecule has 1 aromatic carbocycles. The van der Waals surface area contributed by atoms with E-state index in [0.717, 1.165) is 18.4 Å².